The number of aromatic nitrogens is 3. The Bertz CT molecular complexity index is 1430. The summed E-state index contributed by atoms with van der Waals surface area (Å²) in [6.45, 7) is 5.52. The van der Waals surface area contributed by atoms with Gasteiger partial charge < -0.3 is 19.3 Å². The molecule has 0 fully saturated rings. The van der Waals surface area contributed by atoms with Gasteiger partial charge in [0, 0.05) is 24.1 Å². The van der Waals surface area contributed by atoms with Gasteiger partial charge >= 0.3 is 5.97 Å². The second-order valence-electron chi connectivity index (χ2n) is 8.67. The van der Waals surface area contributed by atoms with Crippen LogP contribution in [0.5, 0.6) is 11.5 Å². The van der Waals surface area contributed by atoms with Crippen molar-refractivity contribution in [2.24, 2.45) is 0 Å². The third kappa shape index (κ3) is 6.26. The van der Waals surface area contributed by atoms with Gasteiger partial charge in [-0.3, -0.25) is 10.1 Å². The number of nitro groups is 1. The van der Waals surface area contributed by atoms with E-state index in [0.29, 0.717) is 48.0 Å². The van der Waals surface area contributed by atoms with Gasteiger partial charge in [-0.05, 0) is 57.2 Å². The van der Waals surface area contributed by atoms with E-state index in [1.54, 1.807) is 32.9 Å². The highest BCUT2D eigenvalue weighted by Crippen LogP contribution is 2.29. The summed E-state index contributed by atoms with van der Waals surface area (Å²) in [7, 11) is 0. The maximum atomic E-state index is 13.0. The highest BCUT2D eigenvalue weighted by atomic mass is 16.6. The maximum absolute atomic E-state index is 13.0. The average Bonchev–Trinajstić information content (AvgIpc) is 3.18. The minimum Gasteiger partial charge on any atom is -0.493 e. The molecule has 0 aliphatic heterocycles. The Balaban J connectivity index is 1.56. The first-order valence-electron chi connectivity index (χ1n) is 11.5. The quantitative estimate of drug-likeness (QED) is 0.0830. The first kappa shape index (κ1) is 25.7. The van der Waals surface area contributed by atoms with Crippen molar-refractivity contribution >= 4 is 17.3 Å². The van der Waals surface area contributed by atoms with Gasteiger partial charge in [-0.2, -0.15) is 5.10 Å². The number of carbonyl (C=O) groups excluding carboxylic acids is 1. The number of fused-ring (bicyclic) bond motifs is 1. The fourth-order valence-corrected chi connectivity index (χ4v) is 3.58. The lowest BCUT2D eigenvalue weighted by atomic mass is 10.1. The molecule has 0 aliphatic rings. The molecule has 0 saturated heterocycles. The third-order valence-electron chi connectivity index (χ3n) is 5.27. The van der Waals surface area contributed by atoms with Gasteiger partial charge in [-0.1, -0.05) is 12.1 Å². The predicted octanol–water partition coefficient (Wildman–Crippen LogP) is 4.35. The number of para-hydroxylation sites is 1. The monoisotopic (exact) mass is 506 g/mol. The van der Waals surface area contributed by atoms with Gasteiger partial charge in [0.15, 0.2) is 17.1 Å². The Kier molecular flexibility index (Phi) is 7.46. The van der Waals surface area contributed by atoms with Crippen molar-refractivity contribution < 1.29 is 29.0 Å². The SMILES string of the molecule is Cc1nc2ccc(-c3ccccc3OCCCOC(C)(C)O)nn2c1C(=O)Oc1ccc([N+](=O)[O-])cc1. The Hall–Kier alpha value is -4.35. The molecule has 0 radical (unpaired) electrons. The number of non-ortho nitro benzene ring substituents is 1. The van der Waals surface area contributed by atoms with Gasteiger partial charge in [0.05, 0.1) is 29.5 Å². The van der Waals surface area contributed by atoms with E-state index in [1.807, 2.05) is 24.3 Å². The number of imidazole rings is 1. The van der Waals surface area contributed by atoms with Crippen molar-refractivity contribution in [2.45, 2.75) is 33.0 Å². The van der Waals surface area contributed by atoms with Gasteiger partial charge in [-0.15, -0.1) is 0 Å². The highest BCUT2D eigenvalue weighted by Gasteiger charge is 2.21. The van der Waals surface area contributed by atoms with E-state index in [1.165, 1.54) is 28.8 Å². The summed E-state index contributed by atoms with van der Waals surface area (Å²) < 4.78 is 18.1. The summed E-state index contributed by atoms with van der Waals surface area (Å²) in [5.41, 5.74) is 2.18. The summed E-state index contributed by atoms with van der Waals surface area (Å²) in [6, 6.07) is 16.1. The fraction of sp³-hybridized carbons (Fsp3) is 0.269. The molecule has 11 nitrogen and oxygen atoms in total. The van der Waals surface area contributed by atoms with E-state index in [4.69, 9.17) is 14.2 Å². The van der Waals surface area contributed by atoms with Crippen LogP contribution in [0, 0.1) is 17.0 Å². The van der Waals surface area contributed by atoms with Crippen LogP contribution in [0.15, 0.2) is 60.7 Å². The molecule has 0 unspecified atom stereocenters. The highest BCUT2D eigenvalue weighted by molar-refractivity contribution is 5.91. The number of aryl methyl sites for hydroxylation is 1. The van der Waals surface area contributed by atoms with Crippen LogP contribution in [0.25, 0.3) is 16.9 Å². The van der Waals surface area contributed by atoms with Crippen LogP contribution in [-0.4, -0.2) is 49.6 Å². The molecule has 2 heterocycles. The topological polar surface area (TPSA) is 138 Å². The Morgan fingerprint density at radius 2 is 1.81 bits per heavy atom. The smallest absolute Gasteiger partial charge is 0.364 e. The molecule has 0 saturated carbocycles. The van der Waals surface area contributed by atoms with Crippen molar-refractivity contribution in [1.29, 1.82) is 0 Å². The maximum Gasteiger partial charge on any atom is 0.364 e. The number of benzene rings is 2. The molecule has 192 valence electrons. The second kappa shape index (κ2) is 10.7. The number of nitrogens with zero attached hydrogens (tertiary/aromatic N) is 4. The van der Waals surface area contributed by atoms with Crippen molar-refractivity contribution in [3.63, 3.8) is 0 Å². The molecule has 1 N–H and O–H groups in total. The first-order valence-corrected chi connectivity index (χ1v) is 11.5. The molecular weight excluding hydrogens is 480 g/mol. The lowest BCUT2D eigenvalue weighted by Gasteiger charge is -2.18. The molecule has 4 rings (SSSR count). The van der Waals surface area contributed by atoms with Crippen molar-refractivity contribution in [3.05, 3.63) is 82.2 Å². The molecule has 0 bridgehead atoms. The first-order chi connectivity index (χ1) is 17.6. The third-order valence-corrected chi connectivity index (χ3v) is 5.27. The predicted molar refractivity (Wildman–Crippen MR) is 134 cm³/mol. The molecule has 0 atom stereocenters. The van der Waals surface area contributed by atoms with E-state index >= 15 is 0 Å². The molecule has 2 aromatic carbocycles. The van der Waals surface area contributed by atoms with E-state index < -0.39 is 16.7 Å². The number of nitro benzene ring substituents is 1. The minimum atomic E-state index is -1.20. The molecule has 37 heavy (non-hydrogen) atoms. The molecule has 2 aromatic heterocycles. The lowest BCUT2D eigenvalue weighted by molar-refractivity contribution is -0.384. The van der Waals surface area contributed by atoms with Crippen LogP contribution in [-0.2, 0) is 4.74 Å². The number of rotatable bonds is 10. The standard InChI is InChI=1S/C26H26N4O7/c1-17-24(25(31)37-19-11-9-18(10-12-19)30(33)34)29-23(27-17)14-13-21(28-29)20-7-4-5-8-22(20)35-15-6-16-36-26(2,3)32/h4-5,7-14,32H,6,15-16H2,1-3H3. The Morgan fingerprint density at radius 1 is 1.08 bits per heavy atom. The zero-order valence-electron chi connectivity index (χ0n) is 20.6. The van der Waals surface area contributed by atoms with Crippen molar-refractivity contribution in [2.75, 3.05) is 13.2 Å². The number of esters is 1. The molecule has 11 heteroatoms. The summed E-state index contributed by atoms with van der Waals surface area (Å²) in [5.74, 6) is -1.13. The number of aliphatic hydroxyl groups is 1. The molecular formula is C26H26N4O7. The van der Waals surface area contributed by atoms with Crippen LogP contribution in [0.3, 0.4) is 0 Å². The fourth-order valence-electron chi connectivity index (χ4n) is 3.58. The largest absolute Gasteiger partial charge is 0.493 e. The normalized spacial score (nSPS) is 11.5. The van der Waals surface area contributed by atoms with Crippen LogP contribution >= 0.6 is 0 Å². The van der Waals surface area contributed by atoms with Crippen LogP contribution in [0.1, 0.15) is 36.5 Å². The van der Waals surface area contributed by atoms with Crippen LogP contribution in [0.2, 0.25) is 0 Å². The number of hydrogen-bond acceptors (Lipinski definition) is 9. The summed E-state index contributed by atoms with van der Waals surface area (Å²) in [5, 5.41) is 25.1. The molecule has 4 aromatic rings. The van der Waals surface area contributed by atoms with Crippen LogP contribution < -0.4 is 9.47 Å². The zero-order chi connectivity index (χ0) is 26.6. The zero-order valence-corrected chi connectivity index (χ0v) is 20.6. The Morgan fingerprint density at radius 3 is 2.51 bits per heavy atom. The van der Waals surface area contributed by atoms with E-state index in [-0.39, 0.29) is 17.1 Å². The summed E-state index contributed by atoms with van der Waals surface area (Å²) in [4.78, 5) is 27.7. The summed E-state index contributed by atoms with van der Waals surface area (Å²) >= 11 is 0. The molecule has 0 aliphatic carbocycles. The van der Waals surface area contributed by atoms with Gasteiger partial charge in [0.25, 0.3) is 5.69 Å². The van der Waals surface area contributed by atoms with Crippen molar-refractivity contribution in [1.82, 2.24) is 14.6 Å². The number of hydrogen-bond donors (Lipinski definition) is 1. The van der Waals surface area contributed by atoms with E-state index in [9.17, 15) is 20.0 Å². The summed E-state index contributed by atoms with van der Waals surface area (Å²) in [6.07, 6.45) is 0.574. The average molecular weight is 507 g/mol. The number of carbonyl (C=O) groups is 1. The van der Waals surface area contributed by atoms with E-state index in [0.717, 1.165) is 0 Å². The number of ether oxygens (including phenoxy) is 3. The molecule has 0 amide bonds. The van der Waals surface area contributed by atoms with Gasteiger partial charge in [-0.25, -0.2) is 14.3 Å². The lowest BCUT2D eigenvalue weighted by Crippen LogP contribution is -2.24. The minimum absolute atomic E-state index is 0.109. The Labute approximate surface area is 212 Å². The van der Waals surface area contributed by atoms with Crippen LogP contribution in [0.4, 0.5) is 5.69 Å². The van der Waals surface area contributed by atoms with Crippen molar-refractivity contribution in [3.8, 4) is 22.8 Å². The molecule has 0 spiro atoms. The second-order valence-corrected chi connectivity index (χ2v) is 8.67. The van der Waals surface area contributed by atoms with Gasteiger partial charge in [0.2, 0.25) is 0 Å². The van der Waals surface area contributed by atoms with Gasteiger partial charge in [0.1, 0.15) is 11.5 Å². The van der Waals surface area contributed by atoms with E-state index in [2.05, 4.69) is 10.1 Å².